The summed E-state index contributed by atoms with van der Waals surface area (Å²) >= 11 is 5.76. The normalized spacial score (nSPS) is 19.2. The number of benzene rings is 1. The number of hydrogen-bond donors (Lipinski definition) is 2. The van der Waals surface area contributed by atoms with E-state index >= 15 is 0 Å². The smallest absolute Gasteiger partial charge is 0.308 e. The van der Waals surface area contributed by atoms with Crippen LogP contribution < -0.4 is 0 Å². The van der Waals surface area contributed by atoms with Gasteiger partial charge in [-0.25, -0.2) is 0 Å². The Kier molecular flexibility index (Phi) is 3.95. The van der Waals surface area contributed by atoms with Crippen LogP contribution in [0, 0.1) is 5.92 Å². The molecule has 1 unspecified atom stereocenters. The van der Waals surface area contributed by atoms with Crippen LogP contribution in [0.3, 0.4) is 0 Å². The fourth-order valence-corrected chi connectivity index (χ4v) is 2.37. The highest BCUT2D eigenvalue weighted by atomic mass is 35.5. The Bertz CT molecular complexity index is 517. The monoisotopic (exact) mass is 283 g/mol. The van der Waals surface area contributed by atoms with Gasteiger partial charge in [-0.15, -0.1) is 0 Å². The Morgan fingerprint density at radius 1 is 1.37 bits per heavy atom. The van der Waals surface area contributed by atoms with Crippen LogP contribution >= 0.6 is 11.6 Å². The van der Waals surface area contributed by atoms with Crippen molar-refractivity contribution in [3.05, 3.63) is 28.8 Å². The van der Waals surface area contributed by atoms with Crippen LogP contribution in [-0.2, 0) is 4.79 Å². The molecule has 1 heterocycles. The first-order valence-corrected chi connectivity index (χ1v) is 6.37. The molecule has 1 aromatic carbocycles. The largest absolute Gasteiger partial charge is 0.506 e. The van der Waals surface area contributed by atoms with Gasteiger partial charge in [0.25, 0.3) is 5.91 Å². The number of carbonyl (C=O) groups is 2. The highest BCUT2D eigenvalue weighted by Gasteiger charge is 2.28. The van der Waals surface area contributed by atoms with Crippen molar-refractivity contribution < 1.29 is 19.8 Å². The highest BCUT2D eigenvalue weighted by Crippen LogP contribution is 2.25. The van der Waals surface area contributed by atoms with E-state index in [0.717, 1.165) is 0 Å². The Hall–Kier alpha value is -1.75. The lowest BCUT2D eigenvalue weighted by atomic mass is 9.97. The molecule has 102 valence electrons. The van der Waals surface area contributed by atoms with E-state index < -0.39 is 11.9 Å². The van der Waals surface area contributed by atoms with Crippen molar-refractivity contribution in [1.82, 2.24) is 4.90 Å². The summed E-state index contributed by atoms with van der Waals surface area (Å²) in [4.78, 5) is 24.7. The molecular formula is C13H14ClNO4. The van der Waals surface area contributed by atoms with E-state index in [1.54, 1.807) is 0 Å². The number of halogens is 1. The summed E-state index contributed by atoms with van der Waals surface area (Å²) in [6, 6.07) is 4.23. The molecule has 0 aromatic heterocycles. The van der Waals surface area contributed by atoms with Crippen molar-refractivity contribution in [2.24, 2.45) is 5.92 Å². The zero-order valence-electron chi connectivity index (χ0n) is 10.2. The van der Waals surface area contributed by atoms with E-state index in [1.807, 2.05) is 0 Å². The number of piperidine rings is 1. The number of aromatic hydroxyl groups is 1. The maximum atomic E-state index is 12.2. The Balaban J connectivity index is 2.14. The molecule has 5 nitrogen and oxygen atoms in total. The summed E-state index contributed by atoms with van der Waals surface area (Å²) < 4.78 is 0. The minimum atomic E-state index is -0.874. The number of phenolic OH excluding ortho intramolecular Hbond substituents is 1. The standard InChI is InChI=1S/C13H14ClNO4/c14-10-6-8(3-4-11(10)16)12(17)15-5-1-2-9(7-15)13(18)19/h3-4,6,9,16H,1-2,5,7H2,(H,18,19). The molecule has 0 spiro atoms. The quantitative estimate of drug-likeness (QED) is 0.870. The second kappa shape index (κ2) is 5.48. The van der Waals surface area contributed by atoms with Crippen molar-refractivity contribution in [2.45, 2.75) is 12.8 Å². The lowest BCUT2D eigenvalue weighted by molar-refractivity contribution is -0.143. The van der Waals surface area contributed by atoms with Crippen LogP contribution in [0.25, 0.3) is 0 Å². The van der Waals surface area contributed by atoms with Gasteiger partial charge in [0.15, 0.2) is 0 Å². The molecule has 2 N–H and O–H groups in total. The molecule has 1 saturated heterocycles. The fraction of sp³-hybridized carbons (Fsp3) is 0.385. The van der Waals surface area contributed by atoms with Gasteiger partial charge in [0.1, 0.15) is 5.75 Å². The SMILES string of the molecule is O=C(O)C1CCCN(C(=O)c2ccc(O)c(Cl)c2)C1. The number of likely N-dealkylation sites (tertiary alicyclic amines) is 1. The molecule has 0 bridgehead atoms. The van der Waals surface area contributed by atoms with E-state index in [4.69, 9.17) is 16.7 Å². The van der Waals surface area contributed by atoms with Crippen LogP contribution in [0.4, 0.5) is 0 Å². The summed E-state index contributed by atoms with van der Waals surface area (Å²) in [5, 5.41) is 18.4. The van der Waals surface area contributed by atoms with Gasteiger partial charge in [0.2, 0.25) is 0 Å². The molecule has 0 radical (unpaired) electrons. The Morgan fingerprint density at radius 2 is 2.11 bits per heavy atom. The number of aliphatic carboxylic acids is 1. The molecule has 0 aliphatic carbocycles. The summed E-state index contributed by atoms with van der Waals surface area (Å²) in [7, 11) is 0. The van der Waals surface area contributed by atoms with Crippen molar-refractivity contribution in [3.63, 3.8) is 0 Å². The third-order valence-electron chi connectivity index (χ3n) is 3.25. The van der Waals surface area contributed by atoms with Gasteiger partial charge in [0.05, 0.1) is 10.9 Å². The summed E-state index contributed by atoms with van der Waals surface area (Å²) in [6.45, 7) is 0.758. The van der Waals surface area contributed by atoms with Crippen LogP contribution in [0.1, 0.15) is 23.2 Å². The summed E-state index contributed by atoms with van der Waals surface area (Å²) in [5.41, 5.74) is 0.355. The molecule has 1 amide bonds. The van der Waals surface area contributed by atoms with E-state index in [0.29, 0.717) is 24.9 Å². The molecule has 0 saturated carbocycles. The lowest BCUT2D eigenvalue weighted by Crippen LogP contribution is -2.42. The zero-order valence-corrected chi connectivity index (χ0v) is 10.9. The molecule has 19 heavy (non-hydrogen) atoms. The summed E-state index contributed by atoms with van der Waals surface area (Å²) in [6.07, 6.45) is 1.27. The predicted molar refractivity (Wildman–Crippen MR) is 69.4 cm³/mol. The first kappa shape index (κ1) is 13.7. The number of nitrogens with zero attached hydrogens (tertiary/aromatic N) is 1. The van der Waals surface area contributed by atoms with Gasteiger partial charge in [-0.2, -0.15) is 0 Å². The van der Waals surface area contributed by atoms with E-state index in [-0.39, 0.29) is 23.2 Å². The number of amides is 1. The van der Waals surface area contributed by atoms with Crippen molar-refractivity contribution in [2.75, 3.05) is 13.1 Å². The van der Waals surface area contributed by atoms with Gasteiger partial charge in [0, 0.05) is 18.7 Å². The number of carbonyl (C=O) groups excluding carboxylic acids is 1. The summed E-state index contributed by atoms with van der Waals surface area (Å²) in [5.74, 6) is -1.72. The molecule has 2 rings (SSSR count). The van der Waals surface area contributed by atoms with Gasteiger partial charge in [-0.3, -0.25) is 9.59 Å². The van der Waals surface area contributed by atoms with Gasteiger partial charge in [-0.1, -0.05) is 11.6 Å². The van der Waals surface area contributed by atoms with Crippen LogP contribution in [0.2, 0.25) is 5.02 Å². The Morgan fingerprint density at radius 3 is 2.74 bits per heavy atom. The second-order valence-corrected chi connectivity index (χ2v) is 5.00. The predicted octanol–water partition coefficient (Wildman–Crippen LogP) is 1.98. The van der Waals surface area contributed by atoms with Crippen LogP contribution in [-0.4, -0.2) is 40.1 Å². The maximum Gasteiger partial charge on any atom is 0.308 e. The molecule has 1 aliphatic heterocycles. The molecular weight excluding hydrogens is 270 g/mol. The third kappa shape index (κ3) is 2.98. The van der Waals surface area contributed by atoms with E-state index in [2.05, 4.69) is 0 Å². The maximum absolute atomic E-state index is 12.2. The molecule has 1 fully saturated rings. The minimum Gasteiger partial charge on any atom is -0.506 e. The number of rotatable bonds is 2. The zero-order chi connectivity index (χ0) is 14.0. The van der Waals surface area contributed by atoms with Gasteiger partial charge in [-0.05, 0) is 31.0 Å². The van der Waals surface area contributed by atoms with E-state index in [1.165, 1.54) is 23.1 Å². The number of carboxylic acids is 1. The minimum absolute atomic E-state index is 0.0831. The molecule has 6 heteroatoms. The topological polar surface area (TPSA) is 77.8 Å². The number of carboxylic acid groups (broad SMARTS) is 1. The number of phenols is 1. The van der Waals surface area contributed by atoms with Crippen LogP contribution in [0.15, 0.2) is 18.2 Å². The highest BCUT2D eigenvalue weighted by molar-refractivity contribution is 6.32. The van der Waals surface area contributed by atoms with E-state index in [9.17, 15) is 14.7 Å². The van der Waals surface area contributed by atoms with Crippen molar-refractivity contribution in [1.29, 1.82) is 0 Å². The number of hydrogen-bond acceptors (Lipinski definition) is 3. The Labute approximate surface area is 115 Å². The first-order valence-electron chi connectivity index (χ1n) is 5.99. The average molecular weight is 284 g/mol. The first-order chi connectivity index (χ1) is 8.99. The molecule has 1 aromatic rings. The van der Waals surface area contributed by atoms with Crippen molar-refractivity contribution >= 4 is 23.5 Å². The van der Waals surface area contributed by atoms with Crippen molar-refractivity contribution in [3.8, 4) is 5.75 Å². The van der Waals surface area contributed by atoms with Gasteiger partial charge < -0.3 is 15.1 Å². The van der Waals surface area contributed by atoms with Gasteiger partial charge >= 0.3 is 5.97 Å². The third-order valence-corrected chi connectivity index (χ3v) is 3.56. The lowest BCUT2D eigenvalue weighted by Gasteiger charge is -2.30. The average Bonchev–Trinajstić information content (AvgIpc) is 2.41. The molecule has 1 aliphatic rings. The second-order valence-electron chi connectivity index (χ2n) is 4.59. The van der Waals surface area contributed by atoms with Crippen LogP contribution in [0.5, 0.6) is 5.75 Å². The fourth-order valence-electron chi connectivity index (χ4n) is 2.19. The molecule has 1 atom stereocenters.